The lowest BCUT2D eigenvalue weighted by Crippen LogP contribution is -2.34. The van der Waals surface area contributed by atoms with Gasteiger partial charge in [0.1, 0.15) is 5.82 Å². The Balaban J connectivity index is 1.87. The minimum absolute atomic E-state index is 0.0717. The molecule has 0 saturated heterocycles. The predicted octanol–water partition coefficient (Wildman–Crippen LogP) is 6.14. The number of carbonyl (C=O) groups excluding carboxylic acids is 1. The van der Waals surface area contributed by atoms with Gasteiger partial charge >= 0.3 is 0 Å². The molecule has 4 nitrogen and oxygen atoms in total. The summed E-state index contributed by atoms with van der Waals surface area (Å²) in [4.78, 5) is 15.6. The van der Waals surface area contributed by atoms with Gasteiger partial charge in [-0.3, -0.25) is 4.79 Å². The Morgan fingerprint density at radius 3 is 2.39 bits per heavy atom. The van der Waals surface area contributed by atoms with Crippen LogP contribution in [-0.2, 0) is 0 Å². The molecule has 5 heteroatoms. The van der Waals surface area contributed by atoms with E-state index in [1.807, 2.05) is 38.1 Å². The van der Waals surface area contributed by atoms with Gasteiger partial charge < -0.3 is 14.8 Å². The Labute approximate surface area is 197 Å². The van der Waals surface area contributed by atoms with E-state index in [1.54, 1.807) is 12.1 Å². The lowest BCUT2D eigenvalue weighted by atomic mass is 10.1. The number of hydrogen-bond donors (Lipinski definition) is 1. The number of aryl methyl sites for hydroxylation is 1. The van der Waals surface area contributed by atoms with Crippen LogP contribution in [0.15, 0.2) is 54.6 Å². The molecule has 1 unspecified atom stereocenters. The van der Waals surface area contributed by atoms with Crippen molar-refractivity contribution in [2.75, 3.05) is 19.6 Å². The normalized spacial score (nSPS) is 12.2. The van der Waals surface area contributed by atoms with Crippen molar-refractivity contribution < 1.29 is 9.18 Å². The first-order valence-electron chi connectivity index (χ1n) is 11.9. The van der Waals surface area contributed by atoms with Crippen molar-refractivity contribution in [2.45, 2.75) is 53.5 Å². The number of nitrogens with zero attached hydrogens (tertiary/aromatic N) is 2. The van der Waals surface area contributed by atoms with E-state index in [0.29, 0.717) is 5.56 Å². The Morgan fingerprint density at radius 2 is 1.76 bits per heavy atom. The minimum Gasteiger partial charge on any atom is -0.350 e. The number of hydrogen-bond acceptors (Lipinski definition) is 2. The summed E-state index contributed by atoms with van der Waals surface area (Å²) in [5.41, 5.74) is 5.38. The second-order valence-electron chi connectivity index (χ2n) is 8.75. The van der Waals surface area contributed by atoms with E-state index in [1.165, 1.54) is 12.1 Å². The van der Waals surface area contributed by atoms with Crippen LogP contribution in [0.5, 0.6) is 0 Å². The smallest absolute Gasteiger partial charge is 0.253 e. The van der Waals surface area contributed by atoms with E-state index in [-0.39, 0.29) is 17.8 Å². The highest BCUT2D eigenvalue weighted by atomic mass is 19.1. The molecule has 0 fully saturated rings. The maximum Gasteiger partial charge on any atom is 0.253 e. The van der Waals surface area contributed by atoms with Gasteiger partial charge in [0, 0.05) is 17.4 Å². The first-order valence-corrected chi connectivity index (χ1v) is 11.9. The van der Waals surface area contributed by atoms with Crippen LogP contribution in [0.25, 0.3) is 16.9 Å². The van der Waals surface area contributed by atoms with Gasteiger partial charge in [0.25, 0.3) is 5.91 Å². The Hall–Kier alpha value is -2.92. The monoisotopic (exact) mass is 449 g/mol. The second kappa shape index (κ2) is 11.3. The summed E-state index contributed by atoms with van der Waals surface area (Å²) in [7, 11) is 0. The third kappa shape index (κ3) is 6.11. The molecule has 1 aromatic heterocycles. The maximum absolute atomic E-state index is 13.6. The van der Waals surface area contributed by atoms with Gasteiger partial charge in [0.05, 0.1) is 11.3 Å². The quantitative estimate of drug-likeness (QED) is 0.404. The van der Waals surface area contributed by atoms with Crippen LogP contribution in [0.3, 0.4) is 0 Å². The summed E-state index contributed by atoms with van der Waals surface area (Å²) >= 11 is 0. The molecule has 2 aromatic carbocycles. The van der Waals surface area contributed by atoms with Gasteiger partial charge in [-0.05, 0) is 107 Å². The third-order valence-electron chi connectivity index (χ3n) is 6.28. The van der Waals surface area contributed by atoms with E-state index in [0.717, 1.165) is 60.7 Å². The minimum atomic E-state index is -0.277. The highest BCUT2D eigenvalue weighted by Gasteiger charge is 2.21. The zero-order chi connectivity index (χ0) is 24.0. The maximum atomic E-state index is 13.6. The molecule has 0 bridgehead atoms. The number of rotatable bonds is 10. The van der Waals surface area contributed by atoms with Crippen LogP contribution in [0, 0.1) is 19.7 Å². The molecule has 0 saturated carbocycles. The molecule has 1 atom stereocenters. The molecule has 0 aliphatic carbocycles. The van der Waals surface area contributed by atoms with Crippen molar-refractivity contribution in [3.8, 4) is 16.9 Å². The van der Waals surface area contributed by atoms with Crippen LogP contribution in [0.1, 0.15) is 55.2 Å². The molecule has 1 heterocycles. The highest BCUT2D eigenvalue weighted by Crippen LogP contribution is 2.30. The van der Waals surface area contributed by atoms with Gasteiger partial charge in [0.15, 0.2) is 0 Å². The largest absolute Gasteiger partial charge is 0.350 e. The molecule has 0 spiro atoms. The van der Waals surface area contributed by atoms with E-state index in [2.05, 4.69) is 41.6 Å². The Kier molecular flexibility index (Phi) is 8.45. The number of benzene rings is 2. The summed E-state index contributed by atoms with van der Waals surface area (Å²) < 4.78 is 15.6. The summed E-state index contributed by atoms with van der Waals surface area (Å²) in [6, 6.07) is 16.6. The van der Waals surface area contributed by atoms with Gasteiger partial charge in [-0.25, -0.2) is 4.39 Å². The first kappa shape index (κ1) is 24.7. The lowest BCUT2D eigenvalue weighted by molar-refractivity contribution is 0.0936. The number of amides is 1. The topological polar surface area (TPSA) is 37.3 Å². The summed E-state index contributed by atoms with van der Waals surface area (Å²) in [5.74, 6) is -0.349. The van der Waals surface area contributed by atoms with Gasteiger partial charge in [0.2, 0.25) is 0 Å². The third-order valence-corrected chi connectivity index (χ3v) is 6.28. The molecule has 3 rings (SSSR count). The Bertz CT molecular complexity index is 1070. The summed E-state index contributed by atoms with van der Waals surface area (Å²) in [6.45, 7) is 13.6. The molecule has 33 heavy (non-hydrogen) atoms. The first-order chi connectivity index (χ1) is 15.8. The molecule has 0 aliphatic rings. The molecule has 176 valence electrons. The number of halogens is 1. The van der Waals surface area contributed by atoms with E-state index >= 15 is 0 Å². The van der Waals surface area contributed by atoms with Crippen molar-refractivity contribution in [1.29, 1.82) is 0 Å². The fourth-order valence-electron chi connectivity index (χ4n) is 4.30. The lowest BCUT2D eigenvalue weighted by Gasteiger charge is -2.19. The Morgan fingerprint density at radius 1 is 1.06 bits per heavy atom. The summed E-state index contributed by atoms with van der Waals surface area (Å²) in [5, 5.41) is 3.18. The second-order valence-corrected chi connectivity index (χ2v) is 8.75. The molecular weight excluding hydrogens is 413 g/mol. The fraction of sp³-hybridized carbons (Fsp3) is 0.393. The molecule has 3 aromatic rings. The van der Waals surface area contributed by atoms with E-state index < -0.39 is 0 Å². The molecular formula is C28H36FN3O. The van der Waals surface area contributed by atoms with Crippen LogP contribution in [0.4, 0.5) is 4.39 Å². The van der Waals surface area contributed by atoms with Gasteiger partial charge in [-0.2, -0.15) is 0 Å². The average molecular weight is 450 g/mol. The van der Waals surface area contributed by atoms with Crippen LogP contribution < -0.4 is 5.32 Å². The highest BCUT2D eigenvalue weighted by molar-refractivity contribution is 5.97. The van der Waals surface area contributed by atoms with Crippen molar-refractivity contribution in [3.05, 3.63) is 77.2 Å². The standard InChI is InChI=1S/C28H36FN3O/c1-6-31(7-2)17-9-11-21(4)30-28(33)26-19-27(23-13-15-24(29)16-14-23)32(22(26)5)25-12-8-10-20(3)18-25/h8,10,12-16,18-19,21H,6-7,9,11,17H2,1-5H3,(H,30,33). The zero-order valence-electron chi connectivity index (χ0n) is 20.5. The van der Waals surface area contributed by atoms with Crippen LogP contribution >= 0.6 is 0 Å². The molecule has 0 radical (unpaired) electrons. The van der Waals surface area contributed by atoms with Crippen molar-refractivity contribution in [3.63, 3.8) is 0 Å². The molecule has 1 N–H and O–H groups in total. The SMILES string of the molecule is CCN(CC)CCCC(C)NC(=O)c1cc(-c2ccc(F)cc2)n(-c2cccc(C)c2)c1C. The number of aromatic nitrogens is 1. The number of carbonyl (C=O) groups is 1. The molecule has 1 amide bonds. The fourth-order valence-corrected chi connectivity index (χ4v) is 4.30. The predicted molar refractivity (Wildman–Crippen MR) is 135 cm³/mol. The van der Waals surface area contributed by atoms with Crippen LogP contribution in [0.2, 0.25) is 0 Å². The van der Waals surface area contributed by atoms with Crippen LogP contribution in [-0.4, -0.2) is 41.1 Å². The summed E-state index contributed by atoms with van der Waals surface area (Å²) in [6.07, 6.45) is 1.98. The van der Waals surface area contributed by atoms with E-state index in [4.69, 9.17) is 0 Å². The zero-order valence-corrected chi connectivity index (χ0v) is 20.5. The van der Waals surface area contributed by atoms with Crippen molar-refractivity contribution in [1.82, 2.24) is 14.8 Å². The van der Waals surface area contributed by atoms with Gasteiger partial charge in [-0.15, -0.1) is 0 Å². The average Bonchev–Trinajstić information content (AvgIpc) is 3.14. The molecule has 0 aliphatic heterocycles. The number of nitrogens with one attached hydrogen (secondary N) is 1. The van der Waals surface area contributed by atoms with E-state index in [9.17, 15) is 9.18 Å². The van der Waals surface area contributed by atoms with Crippen molar-refractivity contribution in [2.24, 2.45) is 0 Å². The van der Waals surface area contributed by atoms with Gasteiger partial charge in [-0.1, -0.05) is 26.0 Å². The van der Waals surface area contributed by atoms with Crippen molar-refractivity contribution >= 4 is 5.91 Å².